The van der Waals surface area contributed by atoms with E-state index in [0.29, 0.717) is 35.0 Å². The summed E-state index contributed by atoms with van der Waals surface area (Å²) in [6.07, 6.45) is 9.14. The van der Waals surface area contributed by atoms with Gasteiger partial charge in [0.2, 0.25) is 5.95 Å². The highest BCUT2D eigenvalue weighted by molar-refractivity contribution is 7.86. The highest BCUT2D eigenvalue weighted by Gasteiger charge is 2.41. The summed E-state index contributed by atoms with van der Waals surface area (Å²) < 4.78 is 57.4. The van der Waals surface area contributed by atoms with Crippen molar-refractivity contribution in [1.82, 2.24) is 19.7 Å². The fourth-order valence-corrected chi connectivity index (χ4v) is 4.30. The number of halogens is 1. The van der Waals surface area contributed by atoms with Crippen LogP contribution in [0.1, 0.15) is 29.5 Å². The van der Waals surface area contributed by atoms with Crippen LogP contribution in [-0.4, -0.2) is 54.0 Å². The molecule has 0 bridgehead atoms. The van der Waals surface area contributed by atoms with Crippen molar-refractivity contribution in [3.63, 3.8) is 0 Å². The van der Waals surface area contributed by atoms with Crippen LogP contribution in [0.2, 0.25) is 0 Å². The number of aromatic nitrogens is 4. The van der Waals surface area contributed by atoms with Gasteiger partial charge >= 0.3 is 0 Å². The van der Waals surface area contributed by atoms with Crippen LogP contribution in [0.5, 0.6) is 0 Å². The summed E-state index contributed by atoms with van der Waals surface area (Å²) in [4.78, 5) is 8.77. The lowest BCUT2D eigenvalue weighted by molar-refractivity contribution is 0.292. The van der Waals surface area contributed by atoms with Crippen LogP contribution in [0.15, 0.2) is 36.8 Å². The predicted octanol–water partition coefficient (Wildman–Crippen LogP) is 3.12. The van der Waals surface area contributed by atoms with Gasteiger partial charge in [0.1, 0.15) is 0 Å². The third-order valence-electron chi connectivity index (χ3n) is 5.44. The van der Waals surface area contributed by atoms with Crippen molar-refractivity contribution in [3.05, 3.63) is 53.5 Å². The van der Waals surface area contributed by atoms with E-state index in [4.69, 9.17) is 20.0 Å². The molecule has 1 saturated carbocycles. The molecule has 1 aliphatic rings. The SMILES string of the molecule is Cc1cnc(Nc2ccc(COS(C)(=O)=O)c(COS(C)(=O)=O)c2)nc1-c1cnn(CC2(Cl)CC2)c1. The molecular weight excluding hydrogens is 530 g/mol. The number of hydrogen-bond acceptors (Lipinski definition) is 10. The number of rotatable bonds is 11. The van der Waals surface area contributed by atoms with Crippen molar-refractivity contribution in [3.8, 4) is 11.3 Å². The van der Waals surface area contributed by atoms with E-state index in [0.717, 1.165) is 36.5 Å². The maximum absolute atomic E-state index is 11.5. The molecule has 14 heteroatoms. The number of aryl methyl sites for hydroxylation is 1. The Kier molecular flexibility index (Phi) is 7.40. The van der Waals surface area contributed by atoms with Crippen LogP contribution in [0.4, 0.5) is 11.6 Å². The van der Waals surface area contributed by atoms with E-state index in [1.807, 2.05) is 17.8 Å². The van der Waals surface area contributed by atoms with Crippen molar-refractivity contribution < 1.29 is 25.2 Å². The molecule has 194 valence electrons. The van der Waals surface area contributed by atoms with Gasteiger partial charge in [0, 0.05) is 23.6 Å². The average Bonchev–Trinajstić information content (AvgIpc) is 3.32. The maximum Gasteiger partial charge on any atom is 0.264 e. The van der Waals surface area contributed by atoms with E-state index in [1.165, 1.54) is 0 Å². The fourth-order valence-electron chi connectivity index (χ4n) is 3.40. The molecular formula is C22H26ClN5O6S2. The molecule has 2 heterocycles. The number of anilines is 2. The largest absolute Gasteiger partial charge is 0.324 e. The highest BCUT2D eigenvalue weighted by Crippen LogP contribution is 2.43. The zero-order valence-electron chi connectivity index (χ0n) is 19.9. The molecule has 0 aliphatic heterocycles. The topological polar surface area (TPSA) is 142 Å². The molecule has 4 rings (SSSR count). The number of benzene rings is 1. The van der Waals surface area contributed by atoms with Gasteiger partial charge in [0.15, 0.2) is 0 Å². The van der Waals surface area contributed by atoms with Crippen LogP contribution in [0.25, 0.3) is 11.3 Å². The Morgan fingerprint density at radius 2 is 1.72 bits per heavy atom. The molecule has 0 saturated heterocycles. The van der Waals surface area contributed by atoms with E-state index in [-0.39, 0.29) is 18.1 Å². The predicted molar refractivity (Wildman–Crippen MR) is 135 cm³/mol. The Labute approximate surface area is 215 Å². The molecule has 1 fully saturated rings. The average molecular weight is 556 g/mol. The summed E-state index contributed by atoms with van der Waals surface area (Å²) in [5.41, 5.74) is 3.83. The minimum absolute atomic E-state index is 0.201. The zero-order chi connectivity index (χ0) is 26.1. The lowest BCUT2D eigenvalue weighted by Gasteiger charge is -2.13. The summed E-state index contributed by atoms with van der Waals surface area (Å²) in [6.45, 7) is 1.98. The second kappa shape index (κ2) is 10.1. The van der Waals surface area contributed by atoms with Gasteiger partial charge in [-0.25, -0.2) is 9.97 Å². The zero-order valence-corrected chi connectivity index (χ0v) is 22.3. The Morgan fingerprint density at radius 3 is 2.36 bits per heavy atom. The lowest BCUT2D eigenvalue weighted by atomic mass is 10.1. The molecule has 0 atom stereocenters. The van der Waals surface area contributed by atoms with Gasteiger partial charge in [-0.1, -0.05) is 6.07 Å². The van der Waals surface area contributed by atoms with Crippen LogP contribution >= 0.6 is 11.6 Å². The summed E-state index contributed by atoms with van der Waals surface area (Å²) in [5, 5.41) is 7.50. The smallest absolute Gasteiger partial charge is 0.264 e. The van der Waals surface area contributed by atoms with Gasteiger partial charge in [-0.05, 0) is 48.6 Å². The first kappa shape index (κ1) is 26.5. The van der Waals surface area contributed by atoms with Crippen LogP contribution in [-0.2, 0) is 48.4 Å². The minimum Gasteiger partial charge on any atom is -0.324 e. The summed E-state index contributed by atoms with van der Waals surface area (Å²) >= 11 is 6.42. The van der Waals surface area contributed by atoms with Crippen LogP contribution in [0.3, 0.4) is 0 Å². The first-order valence-electron chi connectivity index (χ1n) is 10.9. The molecule has 0 amide bonds. The number of nitrogens with one attached hydrogen (secondary N) is 1. The molecule has 3 aromatic rings. The van der Waals surface area contributed by atoms with Gasteiger partial charge in [-0.15, -0.1) is 11.6 Å². The van der Waals surface area contributed by atoms with Crippen molar-refractivity contribution >= 4 is 43.5 Å². The molecule has 1 aromatic carbocycles. The Hall–Kier alpha value is -2.58. The van der Waals surface area contributed by atoms with E-state index in [1.54, 1.807) is 30.6 Å². The fraction of sp³-hybridized carbons (Fsp3) is 0.409. The van der Waals surface area contributed by atoms with Gasteiger partial charge in [0.25, 0.3) is 20.2 Å². The molecule has 1 aliphatic carbocycles. The summed E-state index contributed by atoms with van der Waals surface area (Å²) in [7, 11) is -7.41. The Balaban J connectivity index is 1.56. The van der Waals surface area contributed by atoms with Crippen molar-refractivity contribution in [1.29, 1.82) is 0 Å². The summed E-state index contributed by atoms with van der Waals surface area (Å²) in [6, 6.07) is 4.93. The van der Waals surface area contributed by atoms with Gasteiger partial charge < -0.3 is 5.32 Å². The third-order valence-corrected chi connectivity index (χ3v) is 7.03. The second-order valence-electron chi connectivity index (χ2n) is 8.84. The van der Waals surface area contributed by atoms with Gasteiger partial charge in [-0.3, -0.25) is 13.0 Å². The van der Waals surface area contributed by atoms with Crippen molar-refractivity contribution in [2.24, 2.45) is 0 Å². The number of alkyl halides is 1. The lowest BCUT2D eigenvalue weighted by Crippen LogP contribution is -2.11. The molecule has 36 heavy (non-hydrogen) atoms. The quantitative estimate of drug-likeness (QED) is 0.277. The molecule has 0 unspecified atom stereocenters. The minimum atomic E-state index is -3.72. The molecule has 11 nitrogen and oxygen atoms in total. The van der Waals surface area contributed by atoms with Crippen LogP contribution in [0, 0.1) is 6.92 Å². The number of hydrogen-bond donors (Lipinski definition) is 1. The van der Waals surface area contributed by atoms with Gasteiger partial charge in [-0.2, -0.15) is 21.9 Å². The van der Waals surface area contributed by atoms with Gasteiger partial charge in [0.05, 0.1) is 49.0 Å². The monoisotopic (exact) mass is 555 g/mol. The van der Waals surface area contributed by atoms with E-state index >= 15 is 0 Å². The molecule has 2 aromatic heterocycles. The second-order valence-corrected chi connectivity index (χ2v) is 12.9. The highest BCUT2D eigenvalue weighted by atomic mass is 35.5. The molecule has 1 N–H and O–H groups in total. The van der Waals surface area contributed by atoms with Crippen molar-refractivity contribution in [2.75, 3.05) is 17.8 Å². The van der Waals surface area contributed by atoms with E-state index < -0.39 is 20.2 Å². The van der Waals surface area contributed by atoms with E-state index in [2.05, 4.69) is 20.4 Å². The van der Waals surface area contributed by atoms with Crippen molar-refractivity contribution in [2.45, 2.75) is 44.4 Å². The summed E-state index contributed by atoms with van der Waals surface area (Å²) in [5.74, 6) is 0.314. The normalized spacial score (nSPS) is 15.1. The molecule has 0 spiro atoms. The van der Waals surface area contributed by atoms with E-state index in [9.17, 15) is 16.8 Å². The maximum atomic E-state index is 11.5. The Bertz CT molecular complexity index is 1490. The Morgan fingerprint density at radius 1 is 1.06 bits per heavy atom. The third kappa shape index (κ3) is 7.46. The standard InChI is InChI=1S/C22H26ClN5O6S2/c1-15-9-24-21(27-20(15)18-10-25-28(11-18)14-22(23)6-7-22)26-19-5-4-16(12-33-35(2,29)30)17(8-19)13-34-36(3,31)32/h4-5,8-11H,6-7,12-14H2,1-3H3,(H,24,26,27). The number of nitrogens with zero attached hydrogens (tertiary/aromatic N) is 4. The molecule has 0 radical (unpaired) electrons. The van der Waals surface area contributed by atoms with Crippen LogP contribution < -0.4 is 5.32 Å². The first-order chi connectivity index (χ1) is 16.8. The first-order valence-corrected chi connectivity index (χ1v) is 14.9.